The lowest BCUT2D eigenvalue weighted by Crippen LogP contribution is -2.30. The van der Waals surface area contributed by atoms with Crippen LogP contribution < -0.4 is 16.0 Å². The lowest BCUT2D eigenvalue weighted by Gasteiger charge is -2.13. The molecule has 0 fully saturated rings. The van der Waals surface area contributed by atoms with Crippen molar-refractivity contribution >= 4 is 49.1 Å². The van der Waals surface area contributed by atoms with Gasteiger partial charge in [0, 0.05) is 18.7 Å². The van der Waals surface area contributed by atoms with E-state index in [2.05, 4.69) is 10.3 Å². The quantitative estimate of drug-likeness (QED) is 0.506. The number of rotatable bonds is 5. The summed E-state index contributed by atoms with van der Waals surface area (Å²) in [6.07, 6.45) is 2.51. The fourth-order valence-electron chi connectivity index (χ4n) is 3.84. The van der Waals surface area contributed by atoms with Gasteiger partial charge in [0.1, 0.15) is 15.5 Å². The van der Waals surface area contributed by atoms with Gasteiger partial charge in [0.05, 0.1) is 10.3 Å². The molecule has 1 amide bonds. The Morgan fingerprint density at radius 1 is 1.21 bits per heavy atom. The van der Waals surface area contributed by atoms with Crippen LogP contribution in [0.5, 0.6) is 0 Å². The second-order valence-corrected chi connectivity index (χ2v) is 10.7. The summed E-state index contributed by atoms with van der Waals surface area (Å²) in [4.78, 5) is 43.7. The number of ether oxygens (including phenoxy) is 1. The summed E-state index contributed by atoms with van der Waals surface area (Å²) in [5.41, 5.74) is 0.661. The number of hydrogen-bond donors (Lipinski definition) is 2. The lowest BCUT2D eigenvalue weighted by atomic mass is 10.2. The van der Waals surface area contributed by atoms with E-state index in [4.69, 9.17) is 9.88 Å². The van der Waals surface area contributed by atoms with Crippen molar-refractivity contribution in [1.29, 1.82) is 0 Å². The maximum Gasteiger partial charge on any atom is 0.349 e. The Labute approximate surface area is 199 Å². The highest BCUT2D eigenvalue weighted by Gasteiger charge is 2.26. The maximum atomic E-state index is 13.1. The number of carbonyl (C=O) groups is 2. The molecule has 2 aromatic heterocycles. The van der Waals surface area contributed by atoms with Gasteiger partial charge in [0.2, 0.25) is 10.0 Å². The summed E-state index contributed by atoms with van der Waals surface area (Å²) in [7, 11) is -3.85. The maximum absolute atomic E-state index is 13.1. The fourth-order valence-corrected chi connectivity index (χ4v) is 5.43. The van der Waals surface area contributed by atoms with Crippen molar-refractivity contribution in [3.63, 3.8) is 0 Å². The zero-order chi connectivity index (χ0) is 24.6. The third-order valence-corrected chi connectivity index (χ3v) is 7.80. The molecule has 0 bridgehead atoms. The molecule has 0 radical (unpaired) electrons. The molecule has 0 unspecified atom stereocenters. The number of hydrogen-bond acceptors (Lipinski definition) is 8. The largest absolute Gasteiger partial charge is 0.448 e. The molecule has 1 aliphatic heterocycles. The van der Waals surface area contributed by atoms with Crippen molar-refractivity contribution in [1.82, 2.24) is 9.55 Å². The molecule has 180 valence electrons. The van der Waals surface area contributed by atoms with Crippen LogP contribution in [0.4, 0.5) is 5.69 Å². The van der Waals surface area contributed by atoms with Gasteiger partial charge in [-0.15, -0.1) is 11.3 Å². The number of aryl methyl sites for hydroxylation is 2. The van der Waals surface area contributed by atoms with Gasteiger partial charge in [-0.1, -0.05) is 6.42 Å². The van der Waals surface area contributed by atoms with Crippen LogP contribution in [0, 0.1) is 6.92 Å². The number of nitrogens with zero attached hydrogens (tertiary/aromatic N) is 2. The molecule has 3 aromatic rings. The average Bonchev–Trinajstić information content (AvgIpc) is 2.94. The van der Waals surface area contributed by atoms with E-state index in [-0.39, 0.29) is 15.3 Å². The summed E-state index contributed by atoms with van der Waals surface area (Å²) < 4.78 is 29.7. The third-order valence-electron chi connectivity index (χ3n) is 5.70. The molecule has 4 rings (SSSR count). The number of nitrogens with one attached hydrogen (secondary N) is 1. The molecule has 1 atom stereocenters. The molecule has 12 heteroatoms. The van der Waals surface area contributed by atoms with Crippen molar-refractivity contribution in [2.45, 2.75) is 57.1 Å². The minimum atomic E-state index is -3.85. The third kappa shape index (κ3) is 4.74. The highest BCUT2D eigenvalue weighted by Crippen LogP contribution is 2.29. The molecule has 1 aromatic carbocycles. The summed E-state index contributed by atoms with van der Waals surface area (Å²) in [5.74, 6) is -0.579. The van der Waals surface area contributed by atoms with Gasteiger partial charge in [-0.3, -0.25) is 14.2 Å². The van der Waals surface area contributed by atoms with Crippen molar-refractivity contribution in [2.75, 3.05) is 5.32 Å². The molecule has 3 heterocycles. The predicted molar refractivity (Wildman–Crippen MR) is 127 cm³/mol. The predicted octanol–water partition coefficient (Wildman–Crippen LogP) is 2.32. The Kier molecular flexibility index (Phi) is 6.56. The number of aromatic nitrogens is 2. The number of sulfonamides is 1. The molecule has 0 spiro atoms. The second-order valence-electron chi connectivity index (χ2n) is 8.14. The molecular weight excluding hydrogens is 480 g/mol. The number of primary sulfonamides is 1. The Balaban J connectivity index is 1.51. The van der Waals surface area contributed by atoms with Crippen LogP contribution in [0.25, 0.3) is 10.2 Å². The Hall–Kier alpha value is -3.09. The Morgan fingerprint density at radius 2 is 1.91 bits per heavy atom. The normalized spacial score (nSPS) is 14.8. The molecular formula is C22H24N4O6S2. The van der Waals surface area contributed by atoms with Gasteiger partial charge in [-0.25, -0.2) is 23.3 Å². The minimum absolute atomic E-state index is 0.0907. The molecule has 34 heavy (non-hydrogen) atoms. The molecule has 0 saturated heterocycles. The van der Waals surface area contributed by atoms with Crippen LogP contribution in [-0.4, -0.2) is 35.9 Å². The molecule has 0 saturated carbocycles. The van der Waals surface area contributed by atoms with E-state index in [9.17, 15) is 22.8 Å². The van der Waals surface area contributed by atoms with Gasteiger partial charge >= 0.3 is 5.97 Å². The first-order valence-electron chi connectivity index (χ1n) is 10.7. The summed E-state index contributed by atoms with van der Waals surface area (Å²) >= 11 is 1.09. The van der Waals surface area contributed by atoms with Gasteiger partial charge in [0.25, 0.3) is 11.5 Å². The van der Waals surface area contributed by atoms with Crippen LogP contribution in [0.3, 0.4) is 0 Å². The monoisotopic (exact) mass is 504 g/mol. The highest BCUT2D eigenvalue weighted by atomic mass is 32.2. The second kappa shape index (κ2) is 9.28. The van der Waals surface area contributed by atoms with E-state index in [0.29, 0.717) is 28.0 Å². The summed E-state index contributed by atoms with van der Waals surface area (Å²) in [6.45, 7) is 3.71. The van der Waals surface area contributed by atoms with E-state index >= 15 is 0 Å². The first-order valence-corrected chi connectivity index (χ1v) is 13.1. The van der Waals surface area contributed by atoms with Gasteiger partial charge in [-0.2, -0.15) is 0 Å². The molecule has 1 aliphatic rings. The Bertz CT molecular complexity index is 1440. The van der Waals surface area contributed by atoms with Crippen molar-refractivity contribution < 1.29 is 22.7 Å². The molecule has 10 nitrogen and oxygen atoms in total. The number of thiophene rings is 1. The van der Waals surface area contributed by atoms with E-state index in [1.807, 2.05) is 0 Å². The highest BCUT2D eigenvalue weighted by molar-refractivity contribution is 7.89. The van der Waals surface area contributed by atoms with E-state index < -0.39 is 28.0 Å². The van der Waals surface area contributed by atoms with E-state index in [1.54, 1.807) is 11.5 Å². The SMILES string of the molecule is Cc1c(C(=O)O[C@H](C)C(=O)Nc2ccc(S(N)(=O)=O)cc2)sc2nc3n(c(=O)c12)CCCCC3. The summed E-state index contributed by atoms with van der Waals surface area (Å²) in [6, 6.07) is 5.28. The van der Waals surface area contributed by atoms with Crippen molar-refractivity contribution in [3.8, 4) is 0 Å². The van der Waals surface area contributed by atoms with Gasteiger partial charge in [-0.05, 0) is 56.5 Å². The van der Waals surface area contributed by atoms with E-state index in [1.165, 1.54) is 31.2 Å². The topological polar surface area (TPSA) is 150 Å². The number of anilines is 1. The van der Waals surface area contributed by atoms with E-state index in [0.717, 1.165) is 42.8 Å². The van der Waals surface area contributed by atoms with Crippen molar-refractivity contribution in [3.05, 3.63) is 50.9 Å². The van der Waals surface area contributed by atoms with Crippen LogP contribution in [-0.2, 0) is 32.5 Å². The van der Waals surface area contributed by atoms with Gasteiger partial charge in [0.15, 0.2) is 6.10 Å². The lowest BCUT2D eigenvalue weighted by molar-refractivity contribution is -0.123. The fraction of sp³-hybridized carbons (Fsp3) is 0.364. The number of fused-ring (bicyclic) bond motifs is 2. The zero-order valence-electron chi connectivity index (χ0n) is 18.7. The standard InChI is InChI=1S/C22H24N4O6S2/c1-12-17-20(25-16-6-4-3-5-11-26(16)21(17)28)33-18(12)22(29)32-13(2)19(27)24-14-7-9-15(10-8-14)34(23,30)31/h7-10,13H,3-6,11H2,1-2H3,(H,24,27)(H2,23,30,31)/t13-/m1/s1. The van der Waals surface area contributed by atoms with Crippen LogP contribution in [0.1, 0.15) is 47.2 Å². The number of esters is 1. The number of benzene rings is 1. The van der Waals surface area contributed by atoms with Crippen LogP contribution >= 0.6 is 11.3 Å². The molecule has 0 aliphatic carbocycles. The zero-order valence-corrected chi connectivity index (χ0v) is 20.3. The van der Waals surface area contributed by atoms with Crippen molar-refractivity contribution in [2.24, 2.45) is 5.14 Å². The van der Waals surface area contributed by atoms with Gasteiger partial charge < -0.3 is 10.1 Å². The number of amides is 1. The molecule has 3 N–H and O–H groups in total. The first-order chi connectivity index (χ1) is 16.1. The summed E-state index contributed by atoms with van der Waals surface area (Å²) in [5, 5.41) is 8.03. The Morgan fingerprint density at radius 3 is 2.59 bits per heavy atom. The first kappa shape index (κ1) is 24.0. The average molecular weight is 505 g/mol. The van der Waals surface area contributed by atoms with Crippen LogP contribution in [0.2, 0.25) is 0 Å². The number of carbonyl (C=O) groups excluding carboxylic acids is 2. The number of nitrogens with two attached hydrogens (primary N) is 1. The van der Waals surface area contributed by atoms with Crippen LogP contribution in [0.15, 0.2) is 34.0 Å². The smallest absolute Gasteiger partial charge is 0.349 e. The minimum Gasteiger partial charge on any atom is -0.448 e.